The molecule has 0 saturated heterocycles. The van der Waals surface area contributed by atoms with Crippen molar-refractivity contribution in [3.63, 3.8) is 0 Å². The van der Waals surface area contributed by atoms with Crippen molar-refractivity contribution in [3.8, 4) is 5.88 Å². The molecule has 1 aromatic heterocycles. The van der Waals surface area contributed by atoms with Gasteiger partial charge in [0.1, 0.15) is 0 Å². The number of benzene rings is 1. The van der Waals surface area contributed by atoms with Gasteiger partial charge in [-0.1, -0.05) is 6.07 Å². The molecule has 0 bridgehead atoms. The van der Waals surface area contributed by atoms with Crippen LogP contribution in [0.15, 0.2) is 47.5 Å². The van der Waals surface area contributed by atoms with Crippen molar-refractivity contribution in [1.82, 2.24) is 9.71 Å². The number of hydrogen-bond acceptors (Lipinski definition) is 8. The molecular formula is C17H19N3O7S. The predicted octanol–water partition coefficient (Wildman–Crippen LogP) is 1.62. The molecule has 0 saturated carbocycles. The van der Waals surface area contributed by atoms with Crippen molar-refractivity contribution in [3.05, 3.63) is 58.3 Å². The van der Waals surface area contributed by atoms with Crippen molar-refractivity contribution in [1.29, 1.82) is 0 Å². The summed E-state index contributed by atoms with van der Waals surface area (Å²) in [5, 5.41) is 10.7. The Kier molecular flexibility index (Phi) is 7.01. The lowest BCUT2D eigenvalue weighted by Crippen LogP contribution is -2.32. The molecule has 0 unspecified atom stereocenters. The van der Waals surface area contributed by atoms with E-state index in [1.807, 2.05) is 0 Å². The third kappa shape index (κ3) is 5.24. The number of ether oxygens (including phenoxy) is 2. The molecule has 0 spiro atoms. The predicted molar refractivity (Wildman–Crippen MR) is 98.4 cm³/mol. The Bertz CT molecular complexity index is 928. The third-order valence-corrected chi connectivity index (χ3v) is 5.22. The largest absolute Gasteiger partial charge is 0.481 e. The first-order valence-corrected chi connectivity index (χ1v) is 9.67. The molecule has 10 nitrogen and oxygen atoms in total. The molecule has 2 rings (SSSR count). The van der Waals surface area contributed by atoms with Crippen LogP contribution >= 0.6 is 0 Å². The maximum Gasteiger partial charge on any atom is 0.314 e. The SMILES string of the molecule is CCOC(=O)[C@H](CNS(=O)(=O)c1ccc([N+](=O)[O-])cc1)c1ccc(OC)nc1. The maximum atomic E-state index is 12.5. The number of esters is 1. The molecule has 150 valence electrons. The number of hydrogen-bond donors (Lipinski definition) is 1. The summed E-state index contributed by atoms with van der Waals surface area (Å²) in [6.45, 7) is 1.50. The molecular weight excluding hydrogens is 390 g/mol. The fourth-order valence-electron chi connectivity index (χ4n) is 2.32. The normalized spacial score (nSPS) is 12.2. The van der Waals surface area contributed by atoms with Crippen LogP contribution in [0.25, 0.3) is 0 Å². The summed E-state index contributed by atoms with van der Waals surface area (Å²) in [7, 11) is -2.54. The van der Waals surface area contributed by atoms with E-state index in [1.165, 1.54) is 13.3 Å². The minimum atomic E-state index is -3.99. The zero-order chi connectivity index (χ0) is 20.7. The van der Waals surface area contributed by atoms with Gasteiger partial charge in [0, 0.05) is 30.9 Å². The van der Waals surface area contributed by atoms with Crippen molar-refractivity contribution in [2.45, 2.75) is 17.7 Å². The van der Waals surface area contributed by atoms with E-state index in [0.29, 0.717) is 11.4 Å². The molecule has 0 aliphatic heterocycles. The number of sulfonamides is 1. The Hall–Kier alpha value is -3.05. The molecule has 0 amide bonds. The van der Waals surface area contributed by atoms with Gasteiger partial charge in [0.2, 0.25) is 15.9 Å². The third-order valence-electron chi connectivity index (χ3n) is 3.78. The highest BCUT2D eigenvalue weighted by Crippen LogP contribution is 2.20. The summed E-state index contributed by atoms with van der Waals surface area (Å²) >= 11 is 0. The molecule has 0 fully saturated rings. The van der Waals surface area contributed by atoms with Gasteiger partial charge >= 0.3 is 5.97 Å². The summed E-state index contributed by atoms with van der Waals surface area (Å²) in [5.41, 5.74) is 0.221. The molecule has 1 atom stereocenters. The summed E-state index contributed by atoms with van der Waals surface area (Å²) in [4.78, 5) is 26.2. The molecule has 1 heterocycles. The number of nitrogens with zero attached hydrogens (tertiary/aromatic N) is 2. The van der Waals surface area contributed by atoms with Crippen LogP contribution in [0.4, 0.5) is 5.69 Å². The quantitative estimate of drug-likeness (QED) is 0.375. The van der Waals surface area contributed by atoms with Crippen molar-refractivity contribution in [2.75, 3.05) is 20.3 Å². The number of rotatable bonds is 9. The van der Waals surface area contributed by atoms with Crippen LogP contribution in [0, 0.1) is 10.1 Å². The summed E-state index contributed by atoms with van der Waals surface area (Å²) in [6, 6.07) is 7.55. The monoisotopic (exact) mass is 409 g/mol. The smallest absolute Gasteiger partial charge is 0.314 e. The van der Waals surface area contributed by atoms with Crippen LogP contribution < -0.4 is 9.46 Å². The van der Waals surface area contributed by atoms with E-state index in [1.54, 1.807) is 19.1 Å². The Labute approximate surface area is 161 Å². The lowest BCUT2D eigenvalue weighted by atomic mass is 10.0. The van der Waals surface area contributed by atoms with Gasteiger partial charge in [-0.2, -0.15) is 0 Å². The van der Waals surface area contributed by atoms with Gasteiger partial charge in [0.25, 0.3) is 5.69 Å². The van der Waals surface area contributed by atoms with E-state index in [4.69, 9.17) is 9.47 Å². The number of nitro groups is 1. The standard InChI is InChI=1S/C17H19N3O7S/c1-3-27-17(21)15(12-4-9-16(26-2)18-10-12)11-19-28(24,25)14-7-5-13(6-8-14)20(22)23/h4-10,15,19H,3,11H2,1-2H3/t15-/m1/s1. The van der Waals surface area contributed by atoms with E-state index >= 15 is 0 Å². The van der Waals surface area contributed by atoms with Gasteiger partial charge in [0.15, 0.2) is 0 Å². The zero-order valence-electron chi connectivity index (χ0n) is 15.2. The number of nitrogens with one attached hydrogen (secondary N) is 1. The first kappa shape index (κ1) is 21.3. The molecule has 1 N–H and O–H groups in total. The number of pyridine rings is 1. The second-order valence-corrected chi connectivity index (χ2v) is 7.31. The molecule has 1 aromatic carbocycles. The number of aromatic nitrogens is 1. The van der Waals surface area contributed by atoms with Gasteiger partial charge in [-0.15, -0.1) is 0 Å². The molecule has 0 radical (unpaired) electrons. The Morgan fingerprint density at radius 1 is 1.25 bits per heavy atom. The maximum absolute atomic E-state index is 12.5. The number of methoxy groups -OCH3 is 1. The Balaban J connectivity index is 2.20. The number of non-ortho nitro benzene ring substituents is 1. The minimum absolute atomic E-state index is 0.133. The molecule has 0 aliphatic carbocycles. The highest BCUT2D eigenvalue weighted by Gasteiger charge is 2.26. The van der Waals surface area contributed by atoms with Crippen LogP contribution in [-0.4, -0.2) is 44.6 Å². The van der Waals surface area contributed by atoms with Crippen LogP contribution in [0.1, 0.15) is 18.4 Å². The summed E-state index contributed by atoms with van der Waals surface area (Å²) < 4.78 is 37.2. The first-order chi connectivity index (χ1) is 13.3. The van der Waals surface area contributed by atoms with Gasteiger partial charge in [-0.05, 0) is 24.6 Å². The van der Waals surface area contributed by atoms with Crippen molar-refractivity contribution in [2.24, 2.45) is 0 Å². The number of nitro benzene ring substituents is 1. The van der Waals surface area contributed by atoms with E-state index in [0.717, 1.165) is 24.3 Å². The highest BCUT2D eigenvalue weighted by atomic mass is 32.2. The Morgan fingerprint density at radius 2 is 1.93 bits per heavy atom. The molecule has 2 aromatic rings. The summed E-state index contributed by atoms with van der Waals surface area (Å²) in [6.07, 6.45) is 1.40. The molecule has 11 heteroatoms. The zero-order valence-corrected chi connectivity index (χ0v) is 16.0. The van der Waals surface area contributed by atoms with Gasteiger partial charge in [-0.3, -0.25) is 14.9 Å². The number of carbonyl (C=O) groups excluding carboxylic acids is 1. The van der Waals surface area contributed by atoms with Crippen LogP contribution in [0.5, 0.6) is 5.88 Å². The second kappa shape index (κ2) is 9.24. The first-order valence-electron chi connectivity index (χ1n) is 8.19. The topological polar surface area (TPSA) is 138 Å². The lowest BCUT2D eigenvalue weighted by molar-refractivity contribution is -0.384. The van der Waals surface area contributed by atoms with Gasteiger partial charge in [-0.25, -0.2) is 18.1 Å². The van der Waals surface area contributed by atoms with Gasteiger partial charge in [0.05, 0.1) is 29.5 Å². The van der Waals surface area contributed by atoms with E-state index in [-0.39, 0.29) is 23.7 Å². The average Bonchev–Trinajstić information content (AvgIpc) is 2.69. The fourth-order valence-corrected chi connectivity index (χ4v) is 3.37. The van der Waals surface area contributed by atoms with Crippen LogP contribution in [0.2, 0.25) is 0 Å². The van der Waals surface area contributed by atoms with E-state index in [2.05, 4.69) is 9.71 Å². The van der Waals surface area contributed by atoms with Gasteiger partial charge < -0.3 is 9.47 Å². The summed E-state index contributed by atoms with van der Waals surface area (Å²) in [5.74, 6) is -1.19. The van der Waals surface area contributed by atoms with Crippen LogP contribution in [-0.2, 0) is 19.6 Å². The molecule has 28 heavy (non-hydrogen) atoms. The molecule has 0 aliphatic rings. The fraction of sp³-hybridized carbons (Fsp3) is 0.294. The van der Waals surface area contributed by atoms with E-state index in [9.17, 15) is 23.3 Å². The van der Waals surface area contributed by atoms with Crippen molar-refractivity contribution >= 4 is 21.7 Å². The minimum Gasteiger partial charge on any atom is -0.481 e. The van der Waals surface area contributed by atoms with E-state index < -0.39 is 26.8 Å². The number of carbonyl (C=O) groups is 1. The second-order valence-electron chi connectivity index (χ2n) is 5.54. The van der Waals surface area contributed by atoms with Crippen molar-refractivity contribution < 1.29 is 27.6 Å². The lowest BCUT2D eigenvalue weighted by Gasteiger charge is -2.17. The highest BCUT2D eigenvalue weighted by molar-refractivity contribution is 7.89. The Morgan fingerprint density at radius 3 is 2.43 bits per heavy atom. The average molecular weight is 409 g/mol. The van der Waals surface area contributed by atoms with Crippen LogP contribution in [0.3, 0.4) is 0 Å².